The van der Waals surface area contributed by atoms with E-state index in [9.17, 15) is 9.59 Å². The highest BCUT2D eigenvalue weighted by Crippen LogP contribution is 2.12. The highest BCUT2D eigenvalue weighted by atomic mass is 35.5. The molecule has 0 radical (unpaired) electrons. The van der Waals surface area contributed by atoms with Crippen molar-refractivity contribution in [2.75, 3.05) is 25.9 Å². The molecule has 1 saturated heterocycles. The summed E-state index contributed by atoms with van der Waals surface area (Å²) in [5, 5.41) is 8.25. The van der Waals surface area contributed by atoms with Crippen LogP contribution in [0.1, 0.15) is 6.42 Å². The van der Waals surface area contributed by atoms with Gasteiger partial charge in [0.2, 0.25) is 5.91 Å². The zero-order valence-electron chi connectivity index (χ0n) is 8.54. The van der Waals surface area contributed by atoms with Crippen molar-refractivity contribution in [1.29, 1.82) is 0 Å². The van der Waals surface area contributed by atoms with Crippen molar-refractivity contribution in [3.63, 3.8) is 0 Å². The van der Waals surface area contributed by atoms with Crippen molar-refractivity contribution in [3.05, 3.63) is 0 Å². The molecule has 2 amide bonds. The topological polar surface area (TPSA) is 70.2 Å². The van der Waals surface area contributed by atoms with Crippen LogP contribution in [0.3, 0.4) is 0 Å². The minimum absolute atomic E-state index is 0. The van der Waals surface area contributed by atoms with E-state index >= 15 is 0 Å². The first-order valence-electron chi connectivity index (χ1n) is 4.59. The number of hydrogen-bond donors (Lipinski definition) is 3. The van der Waals surface area contributed by atoms with Crippen LogP contribution in [0.2, 0.25) is 0 Å². The fourth-order valence-electron chi connectivity index (χ4n) is 1.13. The highest BCUT2D eigenvalue weighted by Gasteiger charge is 2.27. The van der Waals surface area contributed by atoms with E-state index in [4.69, 9.17) is 0 Å². The maximum Gasteiger partial charge on any atom is 0.279 e. The van der Waals surface area contributed by atoms with Crippen LogP contribution in [0.4, 0.5) is 4.79 Å². The zero-order chi connectivity index (χ0) is 10.4. The Labute approximate surface area is 99.5 Å². The second-order valence-electron chi connectivity index (χ2n) is 3.04. The third-order valence-corrected chi connectivity index (χ3v) is 2.77. The van der Waals surface area contributed by atoms with Gasteiger partial charge < -0.3 is 16.0 Å². The maximum atomic E-state index is 11.4. The molecule has 1 aliphatic rings. The molecule has 1 aliphatic heterocycles. The number of halogens is 1. The fraction of sp³-hybridized carbons (Fsp3) is 0.750. The molecule has 3 N–H and O–H groups in total. The molecule has 0 saturated carbocycles. The molecular formula is C8H16ClN3O2S. The number of thioether (sulfide) groups is 1. The Kier molecular flexibility index (Phi) is 7.54. The summed E-state index contributed by atoms with van der Waals surface area (Å²) in [7, 11) is 1.87. The molecule has 5 nitrogen and oxygen atoms in total. The number of amides is 2. The predicted octanol–water partition coefficient (Wildman–Crippen LogP) is -0.0411. The van der Waals surface area contributed by atoms with E-state index in [0.717, 1.165) is 24.7 Å². The van der Waals surface area contributed by atoms with Gasteiger partial charge in [0, 0.05) is 12.3 Å². The van der Waals surface area contributed by atoms with Gasteiger partial charge >= 0.3 is 0 Å². The van der Waals surface area contributed by atoms with E-state index in [0.29, 0.717) is 12.3 Å². The van der Waals surface area contributed by atoms with E-state index in [1.54, 1.807) is 0 Å². The lowest BCUT2D eigenvalue weighted by atomic mass is 10.3. The third-order valence-electron chi connectivity index (χ3n) is 1.89. The Bertz CT molecular complexity index is 228. The normalized spacial score (nSPS) is 19.3. The number of rotatable bonds is 5. The minimum atomic E-state index is -0.345. The lowest BCUT2D eigenvalue weighted by Crippen LogP contribution is -2.43. The van der Waals surface area contributed by atoms with Gasteiger partial charge in [-0.25, -0.2) is 0 Å². The van der Waals surface area contributed by atoms with Gasteiger partial charge in [-0.15, -0.1) is 12.4 Å². The molecule has 0 aromatic heterocycles. The molecule has 88 valence electrons. The summed E-state index contributed by atoms with van der Waals surface area (Å²) in [6.07, 6.45) is 0.899. The van der Waals surface area contributed by atoms with Crippen LogP contribution in [0.25, 0.3) is 0 Å². The predicted molar refractivity (Wildman–Crippen MR) is 63.6 cm³/mol. The first kappa shape index (κ1) is 14.5. The molecule has 0 aromatic rings. The number of hydrogen-bond acceptors (Lipinski definition) is 4. The summed E-state index contributed by atoms with van der Waals surface area (Å²) < 4.78 is 0. The van der Waals surface area contributed by atoms with Gasteiger partial charge in [-0.2, -0.15) is 0 Å². The average Bonchev–Trinajstić information content (AvgIpc) is 2.59. The van der Waals surface area contributed by atoms with Crippen molar-refractivity contribution in [1.82, 2.24) is 16.0 Å². The van der Waals surface area contributed by atoms with Crippen molar-refractivity contribution in [3.8, 4) is 0 Å². The standard InChI is InChI=1S/C8H15N3O2S.ClH/c1-9-3-2-4-10-7(12)6-5-14-8(13)11-6;/h6,9H,2-5H2,1H3,(H,10,12)(H,11,13);1H/t6-;/m0./s1. The Balaban J connectivity index is 0.00000196. The monoisotopic (exact) mass is 253 g/mol. The van der Waals surface area contributed by atoms with E-state index in [2.05, 4.69) is 16.0 Å². The molecule has 1 rings (SSSR count). The van der Waals surface area contributed by atoms with Gasteiger partial charge in [-0.1, -0.05) is 11.8 Å². The second kappa shape index (κ2) is 7.78. The van der Waals surface area contributed by atoms with Crippen molar-refractivity contribution < 1.29 is 9.59 Å². The van der Waals surface area contributed by atoms with Gasteiger partial charge in [-0.3, -0.25) is 9.59 Å². The number of carbonyl (C=O) groups is 2. The van der Waals surface area contributed by atoms with Crippen LogP contribution in [0, 0.1) is 0 Å². The quantitative estimate of drug-likeness (QED) is 0.602. The van der Waals surface area contributed by atoms with Gasteiger partial charge in [-0.05, 0) is 20.0 Å². The lowest BCUT2D eigenvalue weighted by molar-refractivity contribution is -0.122. The van der Waals surface area contributed by atoms with Gasteiger partial charge in [0.05, 0.1) is 0 Å². The maximum absolute atomic E-state index is 11.4. The molecule has 1 fully saturated rings. The van der Waals surface area contributed by atoms with Crippen LogP contribution in [-0.4, -0.2) is 43.1 Å². The summed E-state index contributed by atoms with van der Waals surface area (Å²) in [6, 6.07) is -0.345. The Morgan fingerprint density at radius 1 is 1.60 bits per heavy atom. The van der Waals surface area contributed by atoms with Crippen molar-refractivity contribution >= 4 is 35.3 Å². The Hall–Kier alpha value is -0.460. The van der Waals surface area contributed by atoms with E-state index < -0.39 is 0 Å². The molecule has 0 unspecified atom stereocenters. The largest absolute Gasteiger partial charge is 0.354 e. The molecule has 15 heavy (non-hydrogen) atoms. The van der Waals surface area contributed by atoms with Crippen molar-refractivity contribution in [2.24, 2.45) is 0 Å². The molecule has 0 bridgehead atoms. The van der Waals surface area contributed by atoms with E-state index in [-0.39, 0.29) is 29.6 Å². The number of carbonyl (C=O) groups excluding carboxylic acids is 2. The summed E-state index contributed by atoms with van der Waals surface area (Å²) in [5.74, 6) is 0.455. The van der Waals surface area contributed by atoms with Gasteiger partial charge in [0.1, 0.15) is 6.04 Å². The van der Waals surface area contributed by atoms with Crippen molar-refractivity contribution in [2.45, 2.75) is 12.5 Å². The summed E-state index contributed by atoms with van der Waals surface area (Å²) in [4.78, 5) is 22.2. The lowest BCUT2D eigenvalue weighted by Gasteiger charge is -2.09. The van der Waals surface area contributed by atoms with E-state index in [1.807, 2.05) is 7.05 Å². The first-order chi connectivity index (χ1) is 6.74. The molecule has 7 heteroatoms. The highest BCUT2D eigenvalue weighted by molar-refractivity contribution is 8.14. The van der Waals surface area contributed by atoms with Crippen LogP contribution >= 0.6 is 24.2 Å². The van der Waals surface area contributed by atoms with Crippen LogP contribution in [-0.2, 0) is 4.79 Å². The van der Waals surface area contributed by atoms with Crippen LogP contribution in [0.15, 0.2) is 0 Å². The van der Waals surface area contributed by atoms with Gasteiger partial charge in [0.25, 0.3) is 5.24 Å². The van der Waals surface area contributed by atoms with Crippen LogP contribution < -0.4 is 16.0 Å². The Morgan fingerprint density at radius 2 is 2.33 bits per heavy atom. The molecule has 0 spiro atoms. The molecule has 1 heterocycles. The smallest absolute Gasteiger partial charge is 0.279 e. The van der Waals surface area contributed by atoms with E-state index in [1.165, 1.54) is 0 Å². The number of nitrogens with one attached hydrogen (secondary N) is 3. The van der Waals surface area contributed by atoms with Gasteiger partial charge in [0.15, 0.2) is 0 Å². The summed E-state index contributed by atoms with van der Waals surface area (Å²) in [5.41, 5.74) is 0. The zero-order valence-corrected chi connectivity index (χ0v) is 10.2. The summed E-state index contributed by atoms with van der Waals surface area (Å²) >= 11 is 1.15. The van der Waals surface area contributed by atoms with Crippen LogP contribution in [0.5, 0.6) is 0 Å². The SMILES string of the molecule is CNCCCNC(=O)[C@@H]1CSC(=O)N1.Cl. The molecular weight excluding hydrogens is 238 g/mol. The summed E-state index contributed by atoms with van der Waals surface area (Å²) in [6.45, 7) is 1.53. The second-order valence-corrected chi connectivity index (χ2v) is 4.04. The fourth-order valence-corrected chi connectivity index (χ4v) is 1.90. The molecule has 1 atom stereocenters. The minimum Gasteiger partial charge on any atom is -0.354 e. The third kappa shape index (κ3) is 5.25. The first-order valence-corrected chi connectivity index (χ1v) is 5.58. The molecule has 0 aliphatic carbocycles. The molecule has 0 aromatic carbocycles. The Morgan fingerprint density at radius 3 is 2.87 bits per heavy atom. The average molecular weight is 254 g/mol.